The van der Waals surface area contributed by atoms with Crippen molar-refractivity contribution in [3.8, 4) is 0 Å². The Balaban J connectivity index is 1.82. The molecule has 1 aromatic rings. The average Bonchev–Trinajstić information content (AvgIpc) is 3.61. The first kappa shape index (κ1) is 34.2. The molecule has 4 rings (SSSR count). The molecule has 3 aliphatic heterocycles. The fourth-order valence-electron chi connectivity index (χ4n) is 5.71. The van der Waals surface area contributed by atoms with Crippen molar-refractivity contribution in [1.82, 2.24) is 9.55 Å². The molecule has 2 fully saturated rings. The van der Waals surface area contributed by atoms with E-state index >= 15 is 0 Å². The number of esters is 6. The van der Waals surface area contributed by atoms with E-state index in [-0.39, 0.29) is 24.6 Å². The predicted octanol–water partition coefficient (Wildman–Crippen LogP) is -0.652. The van der Waals surface area contributed by atoms with Crippen LogP contribution in [0.3, 0.4) is 0 Å². The Morgan fingerprint density at radius 2 is 1.33 bits per heavy atom. The Hall–Kier alpha value is -4.71. The van der Waals surface area contributed by atoms with E-state index < -0.39 is 96.2 Å². The standard InChI is InChI=1S/C28H33N3O15/c1-13(32)39-8-20-24(43-15(3)34)27(10-41-20,45-17(5)36)19-7-29-23-22(19)30-12-31(26(23)38)28(46-18(6)37)11-42-21(9-40-14(2)33)25(28)44-16(4)35/h7,12,19-21,24-25H,8-11H2,1-6H3/t19-,20-,21-,24+,25+,27-,28+/m1/s1. The predicted molar refractivity (Wildman–Crippen MR) is 147 cm³/mol. The van der Waals surface area contributed by atoms with E-state index in [1.165, 1.54) is 13.1 Å². The van der Waals surface area contributed by atoms with Gasteiger partial charge in [0.15, 0.2) is 23.5 Å². The molecule has 0 aliphatic carbocycles. The summed E-state index contributed by atoms with van der Waals surface area (Å²) in [6.45, 7) is 5.10. The summed E-state index contributed by atoms with van der Waals surface area (Å²) in [5, 5.41) is 0. The zero-order valence-corrected chi connectivity index (χ0v) is 25.8. The van der Waals surface area contributed by atoms with Gasteiger partial charge in [-0.05, 0) is 0 Å². The minimum atomic E-state index is -2.10. The first-order valence-corrected chi connectivity index (χ1v) is 14.0. The van der Waals surface area contributed by atoms with Crippen LogP contribution >= 0.6 is 0 Å². The average molecular weight is 652 g/mol. The maximum Gasteiger partial charge on any atom is 0.304 e. The summed E-state index contributed by atoms with van der Waals surface area (Å²) in [4.78, 5) is 94.7. The summed E-state index contributed by atoms with van der Waals surface area (Å²) in [6.07, 6.45) is -2.74. The molecule has 0 saturated carbocycles. The summed E-state index contributed by atoms with van der Waals surface area (Å²) in [5.74, 6) is -5.65. The van der Waals surface area contributed by atoms with Gasteiger partial charge < -0.3 is 37.9 Å². The second kappa shape index (κ2) is 13.3. The smallest absolute Gasteiger partial charge is 0.304 e. The van der Waals surface area contributed by atoms with Crippen molar-refractivity contribution in [3.63, 3.8) is 0 Å². The van der Waals surface area contributed by atoms with Gasteiger partial charge in [0.25, 0.3) is 11.3 Å². The van der Waals surface area contributed by atoms with Crippen LogP contribution in [0.1, 0.15) is 53.2 Å². The minimum absolute atomic E-state index is 0.0197. The van der Waals surface area contributed by atoms with Crippen molar-refractivity contribution >= 4 is 47.7 Å². The second-order valence-corrected chi connectivity index (χ2v) is 10.8. The Morgan fingerprint density at radius 3 is 1.87 bits per heavy atom. The van der Waals surface area contributed by atoms with Gasteiger partial charge in [0, 0.05) is 47.8 Å². The highest BCUT2D eigenvalue weighted by atomic mass is 16.7. The zero-order valence-electron chi connectivity index (χ0n) is 25.8. The molecule has 0 unspecified atom stereocenters. The molecule has 7 atom stereocenters. The SMILES string of the molecule is CC(=O)OC[C@H]1OC[C@@](OC(C)=O)([C@@H]2C=Nc3c2ncn([C@]2(OC(C)=O)CO[C@H](COC(C)=O)[C@@H]2OC(C)=O)c3=O)[C@H]1OC(C)=O. The van der Waals surface area contributed by atoms with Gasteiger partial charge in [0.05, 0.1) is 18.2 Å². The molecule has 4 heterocycles. The molecule has 250 valence electrons. The third-order valence-electron chi connectivity index (χ3n) is 7.33. The number of hydrogen-bond acceptors (Lipinski definition) is 17. The van der Waals surface area contributed by atoms with Crippen LogP contribution in [-0.4, -0.2) is 108 Å². The van der Waals surface area contributed by atoms with Gasteiger partial charge in [-0.1, -0.05) is 0 Å². The lowest BCUT2D eigenvalue weighted by molar-refractivity contribution is -0.198. The van der Waals surface area contributed by atoms with E-state index in [0.29, 0.717) is 0 Å². The molecule has 18 nitrogen and oxygen atoms in total. The van der Waals surface area contributed by atoms with E-state index in [1.54, 1.807) is 0 Å². The number of hydrogen-bond donors (Lipinski definition) is 0. The second-order valence-electron chi connectivity index (χ2n) is 10.8. The Kier molecular flexibility index (Phi) is 9.91. The van der Waals surface area contributed by atoms with E-state index in [0.717, 1.165) is 45.5 Å². The molecule has 0 radical (unpaired) electrons. The van der Waals surface area contributed by atoms with Crippen molar-refractivity contribution in [2.24, 2.45) is 4.99 Å². The fraction of sp³-hybridized carbons (Fsp3) is 0.607. The number of aliphatic imine (C=N–C) groups is 1. The van der Waals surface area contributed by atoms with Gasteiger partial charge in [0.1, 0.15) is 38.4 Å². The summed E-state index contributed by atoms with van der Waals surface area (Å²) in [5.41, 5.74) is -5.08. The molecular formula is C28H33N3O15. The largest absolute Gasteiger partial charge is 0.463 e. The molecule has 0 aromatic carbocycles. The van der Waals surface area contributed by atoms with Crippen LogP contribution < -0.4 is 5.56 Å². The van der Waals surface area contributed by atoms with Gasteiger partial charge in [-0.3, -0.25) is 43.1 Å². The molecule has 2 saturated heterocycles. The molecule has 18 heteroatoms. The van der Waals surface area contributed by atoms with E-state index in [9.17, 15) is 33.6 Å². The fourth-order valence-corrected chi connectivity index (χ4v) is 5.71. The first-order chi connectivity index (χ1) is 21.6. The van der Waals surface area contributed by atoms with E-state index in [4.69, 9.17) is 37.9 Å². The summed E-state index contributed by atoms with van der Waals surface area (Å²) < 4.78 is 44.8. The van der Waals surface area contributed by atoms with Crippen LogP contribution in [0.5, 0.6) is 0 Å². The van der Waals surface area contributed by atoms with Crippen molar-refractivity contribution in [2.75, 3.05) is 26.4 Å². The van der Waals surface area contributed by atoms with Crippen molar-refractivity contribution < 1.29 is 66.7 Å². The van der Waals surface area contributed by atoms with Gasteiger partial charge >= 0.3 is 35.8 Å². The number of fused-ring (bicyclic) bond motifs is 1. The van der Waals surface area contributed by atoms with Crippen LogP contribution in [0.25, 0.3) is 0 Å². The number of ether oxygens (including phenoxy) is 8. The van der Waals surface area contributed by atoms with Crippen LogP contribution in [0, 0.1) is 0 Å². The number of aromatic nitrogens is 2. The quantitative estimate of drug-likeness (QED) is 0.226. The van der Waals surface area contributed by atoms with Gasteiger partial charge in [-0.2, -0.15) is 0 Å². The maximum absolute atomic E-state index is 14.1. The molecule has 3 aliphatic rings. The molecule has 0 spiro atoms. The van der Waals surface area contributed by atoms with Crippen molar-refractivity contribution in [1.29, 1.82) is 0 Å². The number of carbonyl (C=O) groups is 6. The molecule has 1 aromatic heterocycles. The monoisotopic (exact) mass is 651 g/mol. The maximum atomic E-state index is 14.1. The number of carbonyl (C=O) groups excluding carboxylic acids is 6. The normalized spacial score (nSPS) is 29.4. The van der Waals surface area contributed by atoms with Crippen LogP contribution in [-0.2, 0) is 72.4 Å². The minimum Gasteiger partial charge on any atom is -0.463 e. The Bertz CT molecular complexity index is 1520. The first-order valence-electron chi connectivity index (χ1n) is 14.0. The third kappa shape index (κ3) is 6.62. The summed E-state index contributed by atoms with van der Waals surface area (Å²) in [7, 11) is 0. The number of nitrogens with zero attached hydrogens (tertiary/aromatic N) is 3. The van der Waals surface area contributed by atoms with Gasteiger partial charge in [-0.15, -0.1) is 0 Å². The lowest BCUT2D eigenvalue weighted by Gasteiger charge is -2.37. The summed E-state index contributed by atoms with van der Waals surface area (Å²) in [6, 6.07) is 0. The topological polar surface area (TPSA) is 224 Å². The van der Waals surface area contributed by atoms with E-state index in [2.05, 4.69) is 9.98 Å². The molecular weight excluding hydrogens is 618 g/mol. The van der Waals surface area contributed by atoms with Gasteiger partial charge in [0.2, 0.25) is 0 Å². The zero-order chi connectivity index (χ0) is 34.0. The van der Waals surface area contributed by atoms with Crippen LogP contribution in [0.15, 0.2) is 16.1 Å². The molecule has 0 N–H and O–H groups in total. The van der Waals surface area contributed by atoms with E-state index in [1.807, 2.05) is 0 Å². The van der Waals surface area contributed by atoms with Crippen LogP contribution in [0.2, 0.25) is 0 Å². The highest BCUT2D eigenvalue weighted by molar-refractivity contribution is 5.82. The number of rotatable bonds is 10. The van der Waals surface area contributed by atoms with Gasteiger partial charge in [-0.25, -0.2) is 4.98 Å². The Morgan fingerprint density at radius 1 is 0.783 bits per heavy atom. The Labute approximate surface area is 261 Å². The van der Waals surface area contributed by atoms with Crippen LogP contribution in [0.4, 0.5) is 5.69 Å². The third-order valence-corrected chi connectivity index (χ3v) is 7.33. The lowest BCUT2D eigenvalue weighted by Crippen LogP contribution is -2.56. The molecule has 0 amide bonds. The lowest BCUT2D eigenvalue weighted by atomic mass is 9.81. The van der Waals surface area contributed by atoms with Crippen molar-refractivity contribution in [2.45, 2.75) is 83.2 Å². The molecule has 0 bridgehead atoms. The highest BCUT2D eigenvalue weighted by Gasteiger charge is 2.62. The highest BCUT2D eigenvalue weighted by Crippen LogP contribution is 2.46. The molecule has 46 heavy (non-hydrogen) atoms. The van der Waals surface area contributed by atoms with Crippen molar-refractivity contribution in [3.05, 3.63) is 22.4 Å². The summed E-state index contributed by atoms with van der Waals surface area (Å²) >= 11 is 0.